The van der Waals surface area contributed by atoms with Crippen LogP contribution in [0.4, 0.5) is 0 Å². The number of rotatable bonds is 8. The van der Waals surface area contributed by atoms with Gasteiger partial charge in [-0.05, 0) is 27.0 Å². The van der Waals surface area contributed by atoms with Gasteiger partial charge in [0.15, 0.2) is 0 Å². The van der Waals surface area contributed by atoms with Crippen LogP contribution in [0, 0.1) is 6.92 Å². The summed E-state index contributed by atoms with van der Waals surface area (Å²) >= 11 is 0. The van der Waals surface area contributed by atoms with Crippen LogP contribution in [-0.4, -0.2) is 35.9 Å². The van der Waals surface area contributed by atoms with E-state index in [0.717, 1.165) is 35.8 Å². The Bertz CT molecular complexity index is 694. The number of benzene rings is 1. The highest BCUT2D eigenvalue weighted by molar-refractivity contribution is 5.42. The van der Waals surface area contributed by atoms with E-state index >= 15 is 0 Å². The first-order valence-electron chi connectivity index (χ1n) is 8.06. The van der Waals surface area contributed by atoms with E-state index in [-0.39, 0.29) is 6.04 Å². The molecule has 0 fully saturated rings. The van der Waals surface area contributed by atoms with Crippen molar-refractivity contribution in [3.05, 3.63) is 53.9 Å². The lowest BCUT2D eigenvalue weighted by molar-refractivity contribution is 0.246. The molecule has 2 rings (SSSR count). The number of methoxy groups -OCH3 is 2. The van der Waals surface area contributed by atoms with Crippen molar-refractivity contribution in [2.45, 2.75) is 33.0 Å². The summed E-state index contributed by atoms with van der Waals surface area (Å²) in [6.07, 6.45) is 3.94. The maximum atomic E-state index is 5.53. The molecule has 0 aliphatic carbocycles. The number of hydrogen-bond acceptors (Lipinski definition) is 4. The normalized spacial score (nSPS) is 12.2. The summed E-state index contributed by atoms with van der Waals surface area (Å²) in [5.41, 5.74) is 3.41. The minimum Gasteiger partial charge on any atom is -0.497 e. The second-order valence-electron chi connectivity index (χ2n) is 5.95. The van der Waals surface area contributed by atoms with Gasteiger partial charge in [-0.15, -0.1) is 6.58 Å². The Labute approximate surface area is 144 Å². The lowest BCUT2D eigenvalue weighted by Gasteiger charge is -2.26. The van der Waals surface area contributed by atoms with E-state index in [1.165, 1.54) is 5.56 Å². The molecule has 0 aliphatic rings. The van der Waals surface area contributed by atoms with E-state index in [1.807, 2.05) is 29.8 Å². The van der Waals surface area contributed by atoms with Crippen molar-refractivity contribution in [1.82, 2.24) is 14.7 Å². The lowest BCUT2D eigenvalue weighted by Crippen LogP contribution is -2.22. The number of ether oxygens (including phenoxy) is 2. The Morgan fingerprint density at radius 2 is 2.08 bits per heavy atom. The van der Waals surface area contributed by atoms with Gasteiger partial charge in [-0.1, -0.05) is 12.1 Å². The number of nitrogens with zero attached hydrogens (tertiary/aromatic N) is 3. The van der Waals surface area contributed by atoms with Crippen molar-refractivity contribution in [3.63, 3.8) is 0 Å². The minimum absolute atomic E-state index is 0.202. The van der Waals surface area contributed by atoms with Crippen molar-refractivity contribution in [2.75, 3.05) is 21.3 Å². The van der Waals surface area contributed by atoms with Gasteiger partial charge in [0.2, 0.25) is 0 Å². The highest BCUT2D eigenvalue weighted by atomic mass is 16.5. The van der Waals surface area contributed by atoms with Crippen molar-refractivity contribution < 1.29 is 9.47 Å². The molecule has 130 valence electrons. The van der Waals surface area contributed by atoms with E-state index in [1.54, 1.807) is 14.2 Å². The third kappa shape index (κ3) is 3.97. The molecule has 2 aromatic rings. The molecule has 1 unspecified atom stereocenters. The predicted molar refractivity (Wildman–Crippen MR) is 96.6 cm³/mol. The van der Waals surface area contributed by atoms with Crippen molar-refractivity contribution in [2.24, 2.45) is 0 Å². The molecule has 24 heavy (non-hydrogen) atoms. The molecule has 0 aliphatic heterocycles. The quantitative estimate of drug-likeness (QED) is 0.694. The Kier molecular flexibility index (Phi) is 6.04. The third-order valence-electron chi connectivity index (χ3n) is 4.34. The first-order valence-corrected chi connectivity index (χ1v) is 8.06. The molecule has 0 saturated carbocycles. The van der Waals surface area contributed by atoms with Crippen LogP contribution in [0.2, 0.25) is 0 Å². The van der Waals surface area contributed by atoms with E-state index in [4.69, 9.17) is 9.47 Å². The number of aromatic nitrogens is 2. The predicted octanol–water partition coefficient (Wildman–Crippen LogP) is 3.59. The van der Waals surface area contributed by atoms with Gasteiger partial charge in [0.05, 0.1) is 26.5 Å². The molecule has 0 bridgehead atoms. The standard InChI is InChI=1S/C19H27N3O2/c1-7-10-22-13-16(14(2)20-22)12-21(4)15(3)18-9-8-17(23-5)11-19(18)24-6/h7-9,11,13,15H,1,10,12H2,2-6H3. The van der Waals surface area contributed by atoms with Gasteiger partial charge in [-0.25, -0.2) is 0 Å². The summed E-state index contributed by atoms with van der Waals surface area (Å²) in [6.45, 7) is 9.53. The summed E-state index contributed by atoms with van der Waals surface area (Å²) in [7, 11) is 5.46. The molecule has 5 heteroatoms. The first kappa shape index (κ1) is 18.1. The number of hydrogen-bond donors (Lipinski definition) is 0. The Hall–Kier alpha value is -2.27. The summed E-state index contributed by atoms with van der Waals surface area (Å²) in [6, 6.07) is 6.16. The molecule has 1 aromatic heterocycles. The maximum Gasteiger partial charge on any atom is 0.127 e. The van der Waals surface area contributed by atoms with E-state index in [9.17, 15) is 0 Å². The SMILES string of the molecule is C=CCn1cc(CN(C)C(C)c2ccc(OC)cc2OC)c(C)n1. The van der Waals surface area contributed by atoms with Crippen molar-refractivity contribution in [3.8, 4) is 11.5 Å². The summed E-state index contributed by atoms with van der Waals surface area (Å²) in [5.74, 6) is 1.64. The van der Waals surface area contributed by atoms with E-state index in [2.05, 4.69) is 42.8 Å². The zero-order valence-corrected chi connectivity index (χ0v) is 15.2. The maximum absolute atomic E-state index is 5.53. The van der Waals surface area contributed by atoms with Crippen LogP contribution in [0.5, 0.6) is 11.5 Å². The summed E-state index contributed by atoms with van der Waals surface area (Å²) < 4.78 is 12.7. The van der Waals surface area contributed by atoms with Crippen LogP contribution in [0.1, 0.15) is 29.8 Å². The number of aryl methyl sites for hydroxylation is 1. The zero-order chi connectivity index (χ0) is 17.7. The van der Waals surface area contributed by atoms with Gasteiger partial charge in [-0.2, -0.15) is 5.10 Å². The van der Waals surface area contributed by atoms with Crippen molar-refractivity contribution >= 4 is 0 Å². The first-order chi connectivity index (χ1) is 11.5. The molecule has 1 heterocycles. The van der Waals surface area contributed by atoms with Gasteiger partial charge in [0.25, 0.3) is 0 Å². The molecule has 0 radical (unpaired) electrons. The van der Waals surface area contributed by atoms with Gasteiger partial charge in [-0.3, -0.25) is 9.58 Å². The average Bonchev–Trinajstić information content (AvgIpc) is 2.93. The molecule has 0 spiro atoms. The van der Waals surface area contributed by atoms with Gasteiger partial charge in [0, 0.05) is 36.0 Å². The Morgan fingerprint density at radius 3 is 2.71 bits per heavy atom. The van der Waals surface area contributed by atoms with Crippen LogP contribution < -0.4 is 9.47 Å². The Balaban J connectivity index is 2.17. The molecule has 5 nitrogen and oxygen atoms in total. The molecular formula is C19H27N3O2. The van der Waals surface area contributed by atoms with Gasteiger partial charge in [0.1, 0.15) is 11.5 Å². The fourth-order valence-electron chi connectivity index (χ4n) is 2.75. The van der Waals surface area contributed by atoms with Crippen molar-refractivity contribution in [1.29, 1.82) is 0 Å². The molecule has 1 aromatic carbocycles. The molecule has 0 N–H and O–H groups in total. The van der Waals surface area contributed by atoms with Crippen LogP contribution in [0.15, 0.2) is 37.1 Å². The fraction of sp³-hybridized carbons (Fsp3) is 0.421. The smallest absolute Gasteiger partial charge is 0.127 e. The summed E-state index contributed by atoms with van der Waals surface area (Å²) in [4.78, 5) is 2.28. The largest absolute Gasteiger partial charge is 0.497 e. The van der Waals surface area contributed by atoms with Gasteiger partial charge >= 0.3 is 0 Å². The molecule has 0 amide bonds. The Morgan fingerprint density at radius 1 is 1.33 bits per heavy atom. The van der Waals surface area contributed by atoms with Crippen LogP contribution >= 0.6 is 0 Å². The fourth-order valence-corrected chi connectivity index (χ4v) is 2.75. The van der Waals surface area contributed by atoms with Crippen LogP contribution in [0.25, 0.3) is 0 Å². The number of allylic oxidation sites excluding steroid dienone is 1. The molecule has 1 atom stereocenters. The van der Waals surface area contributed by atoms with Crippen LogP contribution in [-0.2, 0) is 13.1 Å². The highest BCUT2D eigenvalue weighted by Crippen LogP contribution is 2.32. The topological polar surface area (TPSA) is 39.5 Å². The minimum atomic E-state index is 0.202. The van der Waals surface area contributed by atoms with Gasteiger partial charge < -0.3 is 9.47 Å². The molecule has 0 saturated heterocycles. The lowest BCUT2D eigenvalue weighted by atomic mass is 10.0. The second kappa shape index (κ2) is 8.02. The van der Waals surface area contributed by atoms with E-state index < -0.39 is 0 Å². The molecular weight excluding hydrogens is 302 g/mol. The highest BCUT2D eigenvalue weighted by Gasteiger charge is 2.18. The van der Waals surface area contributed by atoms with E-state index in [0.29, 0.717) is 0 Å². The van der Waals surface area contributed by atoms with Crippen LogP contribution in [0.3, 0.4) is 0 Å². The summed E-state index contributed by atoms with van der Waals surface area (Å²) in [5, 5.41) is 4.52. The third-order valence-corrected chi connectivity index (χ3v) is 4.34. The zero-order valence-electron chi connectivity index (χ0n) is 15.2. The monoisotopic (exact) mass is 329 g/mol. The average molecular weight is 329 g/mol. The second-order valence-corrected chi connectivity index (χ2v) is 5.95.